The van der Waals surface area contributed by atoms with Crippen LogP contribution in [0.1, 0.15) is 11.1 Å². The monoisotopic (exact) mass is 456 g/mol. The number of aromatic hydroxyl groups is 1. The molecule has 3 amide bonds. The van der Waals surface area contributed by atoms with Crippen molar-refractivity contribution < 1.29 is 29.3 Å². The lowest BCUT2D eigenvalue weighted by Crippen LogP contribution is -2.33. The maximum Gasteiger partial charge on any atom is 0.301 e. The summed E-state index contributed by atoms with van der Waals surface area (Å²) < 4.78 is 5.90. The summed E-state index contributed by atoms with van der Waals surface area (Å²) >= 11 is 0. The Kier molecular flexibility index (Phi) is 4.95. The van der Waals surface area contributed by atoms with Crippen molar-refractivity contribution in [2.45, 2.75) is 20.1 Å². The highest BCUT2D eigenvalue weighted by Gasteiger charge is 2.36. The van der Waals surface area contributed by atoms with E-state index < -0.39 is 18.0 Å². The number of nitrogens with zero attached hydrogens (tertiary/aromatic N) is 2. The van der Waals surface area contributed by atoms with E-state index in [1.807, 2.05) is 0 Å². The van der Waals surface area contributed by atoms with Gasteiger partial charge in [0.2, 0.25) is 0 Å². The highest BCUT2D eigenvalue weighted by Crippen LogP contribution is 2.37. The molecule has 0 saturated heterocycles. The molecule has 0 aliphatic carbocycles. The number of phenolic OH excluding ortho intramolecular Hbond substituents is 1. The zero-order valence-electron chi connectivity index (χ0n) is 18.4. The quantitative estimate of drug-likeness (QED) is 0.584. The number of hydrogen-bond donors (Lipinski definition) is 2. The molecule has 3 aromatic carbocycles. The minimum Gasteiger partial charge on any atom is -0.507 e. The van der Waals surface area contributed by atoms with Crippen LogP contribution in [0.4, 0.5) is 11.4 Å². The van der Waals surface area contributed by atoms with Crippen LogP contribution in [-0.4, -0.2) is 34.2 Å². The summed E-state index contributed by atoms with van der Waals surface area (Å²) in [4.78, 5) is 40.3. The van der Waals surface area contributed by atoms with Crippen LogP contribution in [0.3, 0.4) is 0 Å². The lowest BCUT2D eigenvalue weighted by atomic mass is 10.1. The predicted octanol–water partition coefficient (Wildman–Crippen LogP) is 3.22. The van der Waals surface area contributed by atoms with E-state index in [1.165, 1.54) is 29.2 Å². The van der Waals surface area contributed by atoms with Gasteiger partial charge in [-0.05, 0) is 55.3 Å². The Balaban J connectivity index is 1.46. The van der Waals surface area contributed by atoms with Crippen molar-refractivity contribution in [3.05, 3.63) is 83.6 Å². The van der Waals surface area contributed by atoms with Crippen molar-refractivity contribution in [1.29, 1.82) is 0 Å². The van der Waals surface area contributed by atoms with Gasteiger partial charge in [0.1, 0.15) is 11.5 Å². The highest BCUT2D eigenvalue weighted by molar-refractivity contribution is 6.32. The van der Waals surface area contributed by atoms with Crippen LogP contribution in [0.15, 0.2) is 72.5 Å². The van der Waals surface area contributed by atoms with Crippen molar-refractivity contribution in [3.8, 4) is 11.5 Å². The van der Waals surface area contributed by atoms with Crippen LogP contribution < -0.4 is 14.5 Å². The number of benzene rings is 3. The molecule has 0 saturated carbocycles. The summed E-state index contributed by atoms with van der Waals surface area (Å²) in [5.74, 6) is -1.23. The Morgan fingerprint density at radius 2 is 1.59 bits per heavy atom. The molecule has 34 heavy (non-hydrogen) atoms. The lowest BCUT2D eigenvalue weighted by molar-refractivity contribution is -0.121. The van der Waals surface area contributed by atoms with Crippen LogP contribution in [-0.2, 0) is 14.4 Å². The minimum absolute atomic E-state index is 0.0472. The average Bonchev–Trinajstić information content (AvgIpc) is 3.28. The standard InChI is InChI=1S/C26H20N2O6/c1-14-11-16(27-22(30)9-10-23(27)31)12-15(2)25(14)34-21-13-24(32)28(26(21)33)19-7-8-20(29)18-6-4-3-5-17(18)19/h3-13,22,29-30H,1-2H3. The molecule has 2 aliphatic heterocycles. The minimum atomic E-state index is -1.05. The fourth-order valence-corrected chi connectivity index (χ4v) is 4.29. The molecule has 0 aromatic heterocycles. The molecular formula is C26H20N2O6. The number of rotatable bonds is 4. The fraction of sp³-hybridized carbons (Fsp3) is 0.115. The first-order valence-corrected chi connectivity index (χ1v) is 10.6. The number of aliphatic hydroxyl groups is 1. The number of imide groups is 1. The SMILES string of the molecule is Cc1cc(N2C(=O)C=CC2O)cc(C)c1OC1=CC(=O)N(c2ccc(O)c3ccccc23)C1=O. The van der Waals surface area contributed by atoms with E-state index in [9.17, 15) is 24.6 Å². The fourth-order valence-electron chi connectivity index (χ4n) is 4.29. The van der Waals surface area contributed by atoms with Crippen molar-refractivity contribution >= 4 is 39.9 Å². The van der Waals surface area contributed by atoms with Gasteiger partial charge in [-0.2, -0.15) is 0 Å². The predicted molar refractivity (Wildman–Crippen MR) is 125 cm³/mol. The molecule has 2 N–H and O–H groups in total. The maximum atomic E-state index is 13.2. The van der Waals surface area contributed by atoms with E-state index in [-0.39, 0.29) is 17.4 Å². The Morgan fingerprint density at radius 3 is 2.24 bits per heavy atom. The number of aryl methyl sites for hydroxylation is 2. The van der Waals surface area contributed by atoms with Crippen molar-refractivity contribution in [2.75, 3.05) is 9.80 Å². The number of hydrogen-bond acceptors (Lipinski definition) is 6. The number of carbonyl (C=O) groups excluding carboxylic acids is 3. The van der Waals surface area contributed by atoms with E-state index in [2.05, 4.69) is 0 Å². The van der Waals surface area contributed by atoms with Gasteiger partial charge in [-0.1, -0.05) is 24.3 Å². The normalized spacial score (nSPS) is 17.8. The van der Waals surface area contributed by atoms with Gasteiger partial charge in [0.25, 0.3) is 11.8 Å². The van der Waals surface area contributed by atoms with Crippen LogP contribution in [0.25, 0.3) is 10.8 Å². The van der Waals surface area contributed by atoms with E-state index in [1.54, 1.807) is 50.2 Å². The molecule has 8 nitrogen and oxygen atoms in total. The molecular weight excluding hydrogens is 436 g/mol. The maximum absolute atomic E-state index is 13.2. The third-order valence-electron chi connectivity index (χ3n) is 5.86. The molecule has 0 fully saturated rings. The number of anilines is 2. The number of phenols is 1. The van der Waals surface area contributed by atoms with Crippen molar-refractivity contribution in [1.82, 2.24) is 0 Å². The van der Waals surface area contributed by atoms with Crippen LogP contribution >= 0.6 is 0 Å². The lowest BCUT2D eigenvalue weighted by Gasteiger charge is -2.23. The molecule has 2 heterocycles. The Bertz CT molecular complexity index is 1430. The summed E-state index contributed by atoms with van der Waals surface area (Å²) in [6.07, 6.45) is 2.78. The molecule has 5 rings (SSSR count). The van der Waals surface area contributed by atoms with E-state index in [4.69, 9.17) is 4.74 Å². The molecule has 0 bridgehead atoms. The third kappa shape index (κ3) is 3.32. The average molecular weight is 456 g/mol. The molecule has 2 aliphatic rings. The second-order valence-corrected chi connectivity index (χ2v) is 8.13. The molecule has 3 aromatic rings. The van der Waals surface area contributed by atoms with Crippen LogP contribution in [0, 0.1) is 13.8 Å². The number of ether oxygens (including phenoxy) is 1. The molecule has 1 atom stereocenters. The first-order chi connectivity index (χ1) is 16.3. The Hall–Kier alpha value is -4.43. The van der Waals surface area contributed by atoms with Gasteiger partial charge in [-0.15, -0.1) is 0 Å². The summed E-state index contributed by atoms with van der Waals surface area (Å²) in [6, 6.07) is 13.2. The van der Waals surface area contributed by atoms with Crippen LogP contribution in [0.2, 0.25) is 0 Å². The number of carbonyl (C=O) groups is 3. The third-order valence-corrected chi connectivity index (χ3v) is 5.86. The van der Waals surface area contributed by atoms with Gasteiger partial charge in [0.05, 0.1) is 11.8 Å². The topological polar surface area (TPSA) is 107 Å². The largest absolute Gasteiger partial charge is 0.507 e. The summed E-state index contributed by atoms with van der Waals surface area (Å²) in [5, 5.41) is 21.3. The number of fused-ring (bicyclic) bond motifs is 1. The van der Waals surface area contributed by atoms with E-state index >= 15 is 0 Å². The second kappa shape index (κ2) is 7.86. The van der Waals surface area contributed by atoms with Crippen molar-refractivity contribution in [3.63, 3.8) is 0 Å². The first-order valence-electron chi connectivity index (χ1n) is 10.6. The zero-order valence-corrected chi connectivity index (χ0v) is 18.4. The second-order valence-electron chi connectivity index (χ2n) is 8.13. The van der Waals surface area contributed by atoms with E-state index in [0.717, 1.165) is 11.0 Å². The van der Waals surface area contributed by atoms with Crippen LogP contribution in [0.5, 0.6) is 11.5 Å². The van der Waals surface area contributed by atoms with Gasteiger partial charge in [0, 0.05) is 22.5 Å². The molecule has 170 valence electrons. The molecule has 8 heteroatoms. The Morgan fingerprint density at radius 1 is 0.912 bits per heavy atom. The van der Waals surface area contributed by atoms with Gasteiger partial charge in [-0.25, -0.2) is 4.90 Å². The molecule has 0 spiro atoms. The Labute approximate surface area is 194 Å². The number of aliphatic hydroxyl groups excluding tert-OH is 1. The van der Waals surface area contributed by atoms with Gasteiger partial charge >= 0.3 is 5.91 Å². The van der Waals surface area contributed by atoms with Gasteiger partial charge in [-0.3, -0.25) is 19.3 Å². The molecule has 1 unspecified atom stereocenters. The highest BCUT2D eigenvalue weighted by atomic mass is 16.5. The smallest absolute Gasteiger partial charge is 0.301 e. The van der Waals surface area contributed by atoms with Gasteiger partial charge in [0.15, 0.2) is 12.0 Å². The van der Waals surface area contributed by atoms with E-state index in [0.29, 0.717) is 39.0 Å². The molecule has 0 radical (unpaired) electrons. The zero-order chi connectivity index (χ0) is 24.1. The summed E-state index contributed by atoms with van der Waals surface area (Å²) in [5.41, 5.74) is 2.08. The first kappa shape index (κ1) is 21.4. The summed E-state index contributed by atoms with van der Waals surface area (Å²) in [6.45, 7) is 3.50. The van der Waals surface area contributed by atoms with Crippen molar-refractivity contribution in [2.24, 2.45) is 0 Å². The number of amides is 3. The van der Waals surface area contributed by atoms with Gasteiger partial charge < -0.3 is 14.9 Å². The summed E-state index contributed by atoms with van der Waals surface area (Å²) in [7, 11) is 0.